The van der Waals surface area contributed by atoms with Gasteiger partial charge in [0.1, 0.15) is 5.75 Å². The van der Waals surface area contributed by atoms with Gasteiger partial charge in [-0.05, 0) is 52.3 Å². The van der Waals surface area contributed by atoms with Crippen LogP contribution in [0.3, 0.4) is 0 Å². The van der Waals surface area contributed by atoms with Crippen molar-refractivity contribution in [2.45, 2.75) is 0 Å². The average Bonchev–Trinajstić information content (AvgIpc) is 3.25. The molecule has 0 atom stereocenters. The highest BCUT2D eigenvalue weighted by atomic mass is 79.9. The van der Waals surface area contributed by atoms with Crippen LogP contribution in [0.1, 0.15) is 0 Å². The third-order valence-electron chi connectivity index (χ3n) is 4.08. The minimum atomic E-state index is -0.245. The number of carbonyl (C=O) groups is 1. The Morgan fingerprint density at radius 1 is 0.931 bits per heavy atom. The Labute approximate surface area is 175 Å². The Bertz CT molecular complexity index is 1110. The molecule has 1 N–H and O–H groups in total. The zero-order valence-electron chi connectivity index (χ0n) is 15.2. The fraction of sp³-hybridized carbons (Fsp3) is 0.0455. The Hall–Kier alpha value is -3.45. The van der Waals surface area contributed by atoms with Crippen molar-refractivity contribution in [3.05, 3.63) is 83.3 Å². The number of hydrogen-bond donors (Lipinski definition) is 1. The SMILES string of the molecule is O=C(COc1ccc(-c2nc(-c3ccccc3)no2)cc1)Nc1ccccc1Br. The monoisotopic (exact) mass is 449 g/mol. The van der Waals surface area contributed by atoms with Gasteiger partial charge in [-0.15, -0.1) is 0 Å². The summed E-state index contributed by atoms with van der Waals surface area (Å²) in [6.45, 7) is -0.0978. The van der Waals surface area contributed by atoms with Crippen molar-refractivity contribution in [1.82, 2.24) is 10.1 Å². The van der Waals surface area contributed by atoms with Crippen LogP contribution in [0.5, 0.6) is 5.75 Å². The second-order valence-electron chi connectivity index (χ2n) is 6.13. The van der Waals surface area contributed by atoms with Gasteiger partial charge in [0, 0.05) is 15.6 Å². The number of hydrogen-bond acceptors (Lipinski definition) is 5. The number of amides is 1. The van der Waals surface area contributed by atoms with Gasteiger partial charge in [-0.3, -0.25) is 4.79 Å². The summed E-state index contributed by atoms with van der Waals surface area (Å²) in [6.07, 6.45) is 0. The van der Waals surface area contributed by atoms with Gasteiger partial charge in [0.25, 0.3) is 11.8 Å². The van der Waals surface area contributed by atoms with Crippen LogP contribution in [0.25, 0.3) is 22.8 Å². The van der Waals surface area contributed by atoms with E-state index in [-0.39, 0.29) is 12.5 Å². The van der Waals surface area contributed by atoms with E-state index in [1.807, 2.05) is 66.7 Å². The summed E-state index contributed by atoms with van der Waals surface area (Å²) >= 11 is 3.39. The van der Waals surface area contributed by atoms with Crippen molar-refractivity contribution in [1.29, 1.82) is 0 Å². The van der Waals surface area contributed by atoms with Crippen LogP contribution in [-0.2, 0) is 4.79 Å². The summed E-state index contributed by atoms with van der Waals surface area (Å²) < 4.78 is 11.7. The summed E-state index contributed by atoms with van der Waals surface area (Å²) in [5.41, 5.74) is 2.35. The second kappa shape index (κ2) is 8.70. The van der Waals surface area contributed by atoms with E-state index < -0.39 is 0 Å². The minimum Gasteiger partial charge on any atom is -0.484 e. The summed E-state index contributed by atoms with van der Waals surface area (Å²) in [6, 6.07) is 24.1. The van der Waals surface area contributed by atoms with E-state index in [1.54, 1.807) is 12.1 Å². The fourth-order valence-corrected chi connectivity index (χ4v) is 3.02. The number of para-hydroxylation sites is 1. The Balaban J connectivity index is 1.37. The molecule has 144 valence electrons. The van der Waals surface area contributed by atoms with Crippen LogP contribution < -0.4 is 10.1 Å². The zero-order chi connectivity index (χ0) is 20.1. The standard InChI is InChI=1S/C22H16BrN3O3/c23-18-8-4-5-9-19(18)24-20(27)14-28-17-12-10-16(11-13-17)22-25-21(26-29-22)15-6-2-1-3-7-15/h1-13H,14H2,(H,24,27). The quantitative estimate of drug-likeness (QED) is 0.438. The van der Waals surface area contributed by atoms with Gasteiger partial charge in [0.05, 0.1) is 5.69 Å². The number of nitrogens with zero attached hydrogens (tertiary/aromatic N) is 2. The predicted molar refractivity (Wildman–Crippen MR) is 113 cm³/mol. The van der Waals surface area contributed by atoms with Gasteiger partial charge < -0.3 is 14.6 Å². The van der Waals surface area contributed by atoms with Crippen molar-refractivity contribution < 1.29 is 14.1 Å². The van der Waals surface area contributed by atoms with Crippen molar-refractivity contribution >= 4 is 27.5 Å². The smallest absolute Gasteiger partial charge is 0.262 e. The topological polar surface area (TPSA) is 77.2 Å². The molecule has 0 radical (unpaired) electrons. The number of rotatable bonds is 6. The maximum absolute atomic E-state index is 12.1. The molecule has 6 nitrogen and oxygen atoms in total. The largest absolute Gasteiger partial charge is 0.484 e. The van der Waals surface area contributed by atoms with E-state index in [1.165, 1.54) is 0 Å². The number of carbonyl (C=O) groups excluding carboxylic acids is 1. The lowest BCUT2D eigenvalue weighted by Crippen LogP contribution is -2.20. The third-order valence-corrected chi connectivity index (χ3v) is 4.77. The van der Waals surface area contributed by atoms with Crippen LogP contribution in [0.4, 0.5) is 5.69 Å². The molecule has 0 bridgehead atoms. The van der Waals surface area contributed by atoms with Crippen molar-refractivity contribution in [2.24, 2.45) is 0 Å². The van der Waals surface area contributed by atoms with Gasteiger partial charge in [-0.2, -0.15) is 4.98 Å². The first-order valence-corrected chi connectivity index (χ1v) is 9.65. The molecular weight excluding hydrogens is 434 g/mol. The molecule has 0 unspecified atom stereocenters. The van der Waals surface area contributed by atoms with E-state index in [4.69, 9.17) is 9.26 Å². The maximum atomic E-state index is 12.1. The Morgan fingerprint density at radius 2 is 1.66 bits per heavy atom. The number of benzene rings is 3. The third kappa shape index (κ3) is 4.70. The molecule has 0 fully saturated rings. The summed E-state index contributed by atoms with van der Waals surface area (Å²) in [4.78, 5) is 16.5. The molecule has 0 saturated carbocycles. The molecule has 0 saturated heterocycles. The molecule has 0 aliphatic carbocycles. The molecule has 7 heteroatoms. The van der Waals surface area contributed by atoms with E-state index in [2.05, 4.69) is 31.4 Å². The lowest BCUT2D eigenvalue weighted by molar-refractivity contribution is -0.118. The normalized spacial score (nSPS) is 10.5. The number of halogens is 1. The van der Waals surface area contributed by atoms with Crippen LogP contribution in [0.2, 0.25) is 0 Å². The zero-order valence-corrected chi connectivity index (χ0v) is 16.8. The van der Waals surface area contributed by atoms with Crippen molar-refractivity contribution in [3.8, 4) is 28.6 Å². The van der Waals surface area contributed by atoms with Crippen LogP contribution >= 0.6 is 15.9 Å². The van der Waals surface area contributed by atoms with Crippen LogP contribution in [0.15, 0.2) is 87.9 Å². The second-order valence-corrected chi connectivity index (χ2v) is 6.98. The summed E-state index contributed by atoms with van der Waals surface area (Å²) in [7, 11) is 0. The summed E-state index contributed by atoms with van der Waals surface area (Å²) in [5.74, 6) is 1.27. The molecule has 0 aliphatic heterocycles. The van der Waals surface area contributed by atoms with Gasteiger partial charge in [-0.25, -0.2) is 0 Å². The van der Waals surface area contributed by atoms with E-state index in [0.717, 1.165) is 15.6 Å². The van der Waals surface area contributed by atoms with Crippen molar-refractivity contribution in [3.63, 3.8) is 0 Å². The first-order valence-electron chi connectivity index (χ1n) is 8.86. The lowest BCUT2D eigenvalue weighted by Gasteiger charge is -2.09. The Morgan fingerprint density at radius 3 is 2.41 bits per heavy atom. The minimum absolute atomic E-state index is 0.0978. The van der Waals surface area contributed by atoms with Crippen molar-refractivity contribution in [2.75, 3.05) is 11.9 Å². The van der Waals surface area contributed by atoms with Crippen LogP contribution in [-0.4, -0.2) is 22.7 Å². The molecule has 4 aromatic rings. The number of aromatic nitrogens is 2. The highest BCUT2D eigenvalue weighted by Crippen LogP contribution is 2.24. The van der Waals surface area contributed by atoms with Gasteiger partial charge in [-0.1, -0.05) is 47.6 Å². The molecule has 0 aliphatic rings. The fourth-order valence-electron chi connectivity index (χ4n) is 2.64. The highest BCUT2D eigenvalue weighted by molar-refractivity contribution is 9.10. The molecule has 3 aromatic carbocycles. The van der Waals surface area contributed by atoms with Gasteiger partial charge >= 0.3 is 0 Å². The molecular formula is C22H16BrN3O3. The van der Waals surface area contributed by atoms with Gasteiger partial charge in [0.15, 0.2) is 6.61 Å². The van der Waals surface area contributed by atoms with Gasteiger partial charge in [0.2, 0.25) is 5.82 Å². The predicted octanol–water partition coefficient (Wildman–Crippen LogP) is 5.18. The number of anilines is 1. The van der Waals surface area contributed by atoms with E-state index in [0.29, 0.717) is 23.2 Å². The van der Waals surface area contributed by atoms with Crippen LogP contribution in [0, 0.1) is 0 Å². The lowest BCUT2D eigenvalue weighted by atomic mass is 10.2. The number of ether oxygens (including phenoxy) is 1. The molecule has 1 aromatic heterocycles. The first-order chi connectivity index (χ1) is 14.2. The first kappa shape index (κ1) is 18.9. The molecule has 4 rings (SSSR count). The molecule has 29 heavy (non-hydrogen) atoms. The average molecular weight is 450 g/mol. The molecule has 1 heterocycles. The molecule has 1 amide bonds. The Kier molecular flexibility index (Phi) is 5.67. The molecule has 0 spiro atoms. The highest BCUT2D eigenvalue weighted by Gasteiger charge is 2.11. The summed E-state index contributed by atoms with van der Waals surface area (Å²) in [5, 5.41) is 6.81. The number of nitrogens with one attached hydrogen (secondary N) is 1. The maximum Gasteiger partial charge on any atom is 0.262 e. The van der Waals surface area contributed by atoms with E-state index >= 15 is 0 Å². The van der Waals surface area contributed by atoms with E-state index in [9.17, 15) is 4.79 Å².